The molecule has 0 aliphatic heterocycles. The minimum Gasteiger partial charge on any atom is -0.297 e. The van der Waals surface area contributed by atoms with Gasteiger partial charge in [0.1, 0.15) is 0 Å². The lowest BCUT2D eigenvalue weighted by Gasteiger charge is -2.08. The molecule has 92 valence electrons. The molecular formula is C15H21NO. The summed E-state index contributed by atoms with van der Waals surface area (Å²) in [5, 5.41) is 0. The lowest BCUT2D eigenvalue weighted by molar-refractivity contribution is -0.102. The Labute approximate surface area is 104 Å². The molecule has 1 unspecified atom stereocenters. The Hall–Kier alpha value is -1.70. The Bertz CT molecular complexity index is 335. The smallest absolute Gasteiger partial charge is 0.161 e. The summed E-state index contributed by atoms with van der Waals surface area (Å²) in [6.45, 7) is 7.74. The second kappa shape index (κ2) is 10.8. The van der Waals surface area contributed by atoms with Crippen LogP contribution in [0.1, 0.15) is 26.7 Å². The van der Waals surface area contributed by atoms with Gasteiger partial charge in [-0.3, -0.25) is 9.79 Å². The number of carbonyl (C=O) groups is 1. The van der Waals surface area contributed by atoms with Gasteiger partial charge in [0, 0.05) is 11.6 Å². The molecule has 0 spiro atoms. The van der Waals surface area contributed by atoms with Gasteiger partial charge in [-0.05, 0) is 19.8 Å². The molecule has 0 aliphatic carbocycles. The standard InChI is InChI=1S/C15H21NO/c1-4-7-10-14(9-6-3)15(11-8-5-2)16-12-13-17/h5-7,9-14H,2,4,8H2,1,3H3/b9-6-,10-7?,15-11+,16-12+. The number of aliphatic imine (C=N–C) groups is 1. The Morgan fingerprint density at radius 2 is 2.18 bits per heavy atom. The van der Waals surface area contributed by atoms with E-state index in [2.05, 4.69) is 36.7 Å². The molecule has 0 heterocycles. The Kier molecular flexibility index (Phi) is 9.73. The lowest BCUT2D eigenvalue weighted by atomic mass is 10.0. The van der Waals surface area contributed by atoms with Crippen LogP contribution in [0.2, 0.25) is 0 Å². The zero-order valence-electron chi connectivity index (χ0n) is 10.7. The molecule has 0 saturated heterocycles. The number of allylic oxidation sites excluding steroid dienone is 5. The number of aldehydes is 1. The van der Waals surface area contributed by atoms with Crippen molar-refractivity contribution in [3.05, 3.63) is 48.7 Å². The molecule has 0 aromatic carbocycles. The molecule has 0 rings (SSSR count). The van der Waals surface area contributed by atoms with Crippen LogP contribution in [-0.2, 0) is 4.79 Å². The van der Waals surface area contributed by atoms with Crippen LogP contribution in [0.5, 0.6) is 0 Å². The quantitative estimate of drug-likeness (QED) is 0.354. The molecule has 0 aromatic heterocycles. The van der Waals surface area contributed by atoms with Crippen molar-refractivity contribution in [2.45, 2.75) is 26.7 Å². The van der Waals surface area contributed by atoms with E-state index in [-0.39, 0.29) is 5.92 Å². The molecule has 2 heteroatoms. The van der Waals surface area contributed by atoms with Gasteiger partial charge >= 0.3 is 0 Å². The van der Waals surface area contributed by atoms with Crippen LogP contribution in [0.15, 0.2) is 53.7 Å². The number of hydrogen-bond acceptors (Lipinski definition) is 2. The van der Waals surface area contributed by atoms with Crippen molar-refractivity contribution in [3.8, 4) is 0 Å². The van der Waals surface area contributed by atoms with Gasteiger partial charge in [-0.2, -0.15) is 0 Å². The molecule has 0 aliphatic rings. The maximum Gasteiger partial charge on any atom is 0.161 e. The van der Waals surface area contributed by atoms with Gasteiger partial charge in [-0.25, -0.2) is 0 Å². The summed E-state index contributed by atoms with van der Waals surface area (Å²) in [7, 11) is 0. The maximum atomic E-state index is 10.3. The zero-order valence-corrected chi connectivity index (χ0v) is 10.7. The normalized spacial score (nSPS) is 14.8. The summed E-state index contributed by atoms with van der Waals surface area (Å²) < 4.78 is 0. The van der Waals surface area contributed by atoms with Crippen molar-refractivity contribution in [1.29, 1.82) is 0 Å². The first kappa shape index (κ1) is 15.3. The predicted molar refractivity (Wildman–Crippen MR) is 75.2 cm³/mol. The average Bonchev–Trinajstić information content (AvgIpc) is 2.35. The fourth-order valence-corrected chi connectivity index (χ4v) is 1.35. The third-order valence-corrected chi connectivity index (χ3v) is 2.10. The summed E-state index contributed by atoms with van der Waals surface area (Å²) >= 11 is 0. The Balaban J connectivity index is 5.04. The predicted octanol–water partition coefficient (Wildman–Crippen LogP) is 3.87. The van der Waals surface area contributed by atoms with Gasteiger partial charge in [0.2, 0.25) is 0 Å². The molecule has 1 atom stereocenters. The van der Waals surface area contributed by atoms with E-state index in [9.17, 15) is 4.79 Å². The molecule has 0 N–H and O–H groups in total. The highest BCUT2D eigenvalue weighted by molar-refractivity contribution is 6.13. The maximum absolute atomic E-state index is 10.3. The van der Waals surface area contributed by atoms with Crippen LogP contribution in [0, 0.1) is 5.92 Å². The van der Waals surface area contributed by atoms with E-state index in [1.54, 1.807) is 0 Å². The Morgan fingerprint density at radius 1 is 1.41 bits per heavy atom. The van der Waals surface area contributed by atoms with Crippen LogP contribution in [0.3, 0.4) is 0 Å². The van der Waals surface area contributed by atoms with E-state index < -0.39 is 0 Å². The molecule has 17 heavy (non-hydrogen) atoms. The van der Waals surface area contributed by atoms with Gasteiger partial charge in [0.05, 0.1) is 6.21 Å². The van der Waals surface area contributed by atoms with E-state index in [4.69, 9.17) is 0 Å². The third-order valence-electron chi connectivity index (χ3n) is 2.10. The zero-order chi connectivity index (χ0) is 12.9. The second-order valence-electron chi connectivity index (χ2n) is 3.46. The molecule has 2 nitrogen and oxygen atoms in total. The van der Waals surface area contributed by atoms with Crippen LogP contribution < -0.4 is 0 Å². The van der Waals surface area contributed by atoms with Crippen LogP contribution >= 0.6 is 0 Å². The molecule has 0 radical (unpaired) electrons. The van der Waals surface area contributed by atoms with Crippen molar-refractivity contribution in [2.75, 3.05) is 0 Å². The fourth-order valence-electron chi connectivity index (χ4n) is 1.35. The van der Waals surface area contributed by atoms with Gasteiger partial charge < -0.3 is 0 Å². The van der Waals surface area contributed by atoms with Crippen LogP contribution in [0.4, 0.5) is 0 Å². The van der Waals surface area contributed by atoms with Crippen LogP contribution in [-0.4, -0.2) is 12.5 Å². The molecule has 0 amide bonds. The van der Waals surface area contributed by atoms with Gasteiger partial charge in [-0.15, -0.1) is 6.58 Å². The highest BCUT2D eigenvalue weighted by atomic mass is 16.1. The molecule has 0 aromatic rings. The molecule has 0 bridgehead atoms. The largest absolute Gasteiger partial charge is 0.297 e. The second-order valence-corrected chi connectivity index (χ2v) is 3.46. The molecule has 0 fully saturated rings. The van der Waals surface area contributed by atoms with Gasteiger partial charge in [0.15, 0.2) is 6.29 Å². The third kappa shape index (κ3) is 7.23. The summed E-state index contributed by atoms with van der Waals surface area (Å²) in [6.07, 6.45) is 15.7. The summed E-state index contributed by atoms with van der Waals surface area (Å²) in [5.74, 6) is 0.121. The van der Waals surface area contributed by atoms with E-state index in [1.807, 2.05) is 25.2 Å². The van der Waals surface area contributed by atoms with E-state index in [1.165, 1.54) is 6.21 Å². The summed E-state index contributed by atoms with van der Waals surface area (Å²) in [6, 6.07) is 0. The summed E-state index contributed by atoms with van der Waals surface area (Å²) in [4.78, 5) is 14.5. The molecular weight excluding hydrogens is 210 g/mol. The van der Waals surface area contributed by atoms with Crippen molar-refractivity contribution in [2.24, 2.45) is 10.9 Å². The number of hydrogen-bond donors (Lipinski definition) is 0. The van der Waals surface area contributed by atoms with Gasteiger partial charge in [0.25, 0.3) is 0 Å². The van der Waals surface area contributed by atoms with E-state index >= 15 is 0 Å². The monoisotopic (exact) mass is 231 g/mol. The minimum atomic E-state index is 0.121. The van der Waals surface area contributed by atoms with Gasteiger partial charge in [-0.1, -0.05) is 43.4 Å². The summed E-state index contributed by atoms with van der Waals surface area (Å²) in [5.41, 5.74) is 0.875. The highest BCUT2D eigenvalue weighted by Crippen LogP contribution is 2.17. The van der Waals surface area contributed by atoms with E-state index in [0.717, 1.165) is 18.5 Å². The SMILES string of the molecule is C=CC/C=C(/N=C/C=O)C(C=CCC)/C=C\C. The van der Waals surface area contributed by atoms with Crippen LogP contribution in [0.25, 0.3) is 0 Å². The first-order chi connectivity index (χ1) is 8.29. The fraction of sp³-hybridized carbons (Fsp3) is 0.333. The first-order valence-electron chi connectivity index (χ1n) is 5.88. The number of rotatable bonds is 8. The Morgan fingerprint density at radius 3 is 2.71 bits per heavy atom. The minimum absolute atomic E-state index is 0.121. The topological polar surface area (TPSA) is 29.4 Å². The van der Waals surface area contributed by atoms with Crippen molar-refractivity contribution in [3.63, 3.8) is 0 Å². The van der Waals surface area contributed by atoms with Crippen molar-refractivity contribution >= 4 is 12.5 Å². The van der Waals surface area contributed by atoms with Crippen molar-refractivity contribution in [1.82, 2.24) is 0 Å². The average molecular weight is 231 g/mol. The molecule has 0 saturated carbocycles. The lowest BCUT2D eigenvalue weighted by Crippen LogP contribution is -1.96. The van der Waals surface area contributed by atoms with Crippen molar-refractivity contribution < 1.29 is 4.79 Å². The van der Waals surface area contributed by atoms with E-state index in [0.29, 0.717) is 6.29 Å². The first-order valence-corrected chi connectivity index (χ1v) is 5.88. The highest BCUT2D eigenvalue weighted by Gasteiger charge is 2.05. The number of nitrogens with zero attached hydrogens (tertiary/aromatic N) is 1. The number of carbonyl (C=O) groups excluding carboxylic acids is 1.